The van der Waals surface area contributed by atoms with E-state index in [2.05, 4.69) is 11.0 Å². The molecule has 1 saturated heterocycles. The molecule has 0 aromatic heterocycles. The predicted octanol–water partition coefficient (Wildman–Crippen LogP) is 2.31. The minimum absolute atomic E-state index is 0.452. The van der Waals surface area contributed by atoms with Gasteiger partial charge >= 0.3 is 0 Å². The zero-order valence-electron chi connectivity index (χ0n) is 8.26. The molecule has 1 aliphatic heterocycles. The van der Waals surface area contributed by atoms with Gasteiger partial charge in [-0.2, -0.15) is 5.26 Å². The third kappa shape index (κ3) is 1.58. The topological polar surface area (TPSA) is 27.0 Å². The first-order valence-corrected chi connectivity index (χ1v) is 5.49. The van der Waals surface area contributed by atoms with Crippen molar-refractivity contribution in [2.45, 2.75) is 50.5 Å². The van der Waals surface area contributed by atoms with Crippen LogP contribution in [0.3, 0.4) is 0 Å². The van der Waals surface area contributed by atoms with E-state index in [0.717, 1.165) is 6.54 Å². The molecule has 2 heteroatoms. The maximum Gasteiger partial charge on any atom is 0.0870 e. The van der Waals surface area contributed by atoms with Crippen LogP contribution < -0.4 is 0 Å². The van der Waals surface area contributed by atoms with Crippen molar-refractivity contribution in [3.63, 3.8) is 0 Å². The minimum atomic E-state index is 0.452. The molecule has 0 N–H and O–H groups in total. The summed E-state index contributed by atoms with van der Waals surface area (Å²) in [6.07, 6.45) is 9.49. The molecule has 72 valence electrons. The Morgan fingerprint density at radius 2 is 1.77 bits per heavy atom. The second kappa shape index (κ2) is 3.67. The second-order valence-corrected chi connectivity index (χ2v) is 4.47. The van der Waals surface area contributed by atoms with Crippen molar-refractivity contribution in [2.75, 3.05) is 13.1 Å². The van der Waals surface area contributed by atoms with Crippen LogP contribution in [-0.4, -0.2) is 23.5 Å². The van der Waals surface area contributed by atoms with E-state index < -0.39 is 0 Å². The van der Waals surface area contributed by atoms with E-state index >= 15 is 0 Å². The smallest absolute Gasteiger partial charge is 0.0870 e. The highest BCUT2D eigenvalue weighted by Crippen LogP contribution is 2.41. The maximum atomic E-state index is 8.75. The summed E-state index contributed by atoms with van der Waals surface area (Å²) in [5.41, 5.74) is 0.452. The van der Waals surface area contributed by atoms with Crippen molar-refractivity contribution >= 4 is 0 Å². The first-order valence-electron chi connectivity index (χ1n) is 5.49. The van der Waals surface area contributed by atoms with Crippen LogP contribution in [0.1, 0.15) is 44.9 Å². The normalized spacial score (nSPS) is 27.6. The first-order chi connectivity index (χ1) is 6.37. The van der Waals surface area contributed by atoms with Crippen molar-refractivity contribution in [1.29, 1.82) is 5.26 Å². The lowest BCUT2D eigenvalue weighted by molar-refractivity contribution is 0.107. The van der Waals surface area contributed by atoms with Gasteiger partial charge in [0.2, 0.25) is 0 Å². The fourth-order valence-corrected chi connectivity index (χ4v) is 3.10. The molecule has 0 radical (unpaired) electrons. The van der Waals surface area contributed by atoms with E-state index in [4.69, 9.17) is 5.26 Å². The SMILES string of the molecule is N#CCN1CCCC12CCCCC2. The molecule has 0 aromatic rings. The molecule has 2 nitrogen and oxygen atoms in total. The Labute approximate surface area is 80.5 Å². The summed E-state index contributed by atoms with van der Waals surface area (Å²) >= 11 is 0. The van der Waals surface area contributed by atoms with Crippen LogP contribution >= 0.6 is 0 Å². The first kappa shape index (κ1) is 9.02. The van der Waals surface area contributed by atoms with Crippen LogP contribution in [-0.2, 0) is 0 Å². The van der Waals surface area contributed by atoms with Gasteiger partial charge in [0.25, 0.3) is 0 Å². The molecule has 0 amide bonds. The van der Waals surface area contributed by atoms with Crippen molar-refractivity contribution in [2.24, 2.45) is 0 Å². The highest BCUT2D eigenvalue weighted by molar-refractivity contribution is 5.00. The molecule has 13 heavy (non-hydrogen) atoms. The molecule has 1 spiro atoms. The number of likely N-dealkylation sites (tertiary alicyclic amines) is 1. The van der Waals surface area contributed by atoms with Crippen LogP contribution in [0, 0.1) is 11.3 Å². The monoisotopic (exact) mass is 178 g/mol. The predicted molar refractivity (Wildman–Crippen MR) is 52.2 cm³/mol. The van der Waals surface area contributed by atoms with E-state index in [0.29, 0.717) is 12.1 Å². The summed E-state index contributed by atoms with van der Waals surface area (Å²) in [6.45, 7) is 1.81. The van der Waals surface area contributed by atoms with E-state index in [1.165, 1.54) is 44.9 Å². The minimum Gasteiger partial charge on any atom is -0.285 e. The number of hydrogen-bond acceptors (Lipinski definition) is 2. The van der Waals surface area contributed by atoms with E-state index in [-0.39, 0.29) is 0 Å². The molecule has 2 aliphatic rings. The van der Waals surface area contributed by atoms with Gasteiger partial charge in [0.1, 0.15) is 0 Å². The summed E-state index contributed by atoms with van der Waals surface area (Å²) in [4.78, 5) is 2.44. The molecule has 0 atom stereocenters. The average molecular weight is 178 g/mol. The van der Waals surface area contributed by atoms with Crippen molar-refractivity contribution in [3.05, 3.63) is 0 Å². The van der Waals surface area contributed by atoms with Crippen molar-refractivity contribution in [1.82, 2.24) is 4.90 Å². The van der Waals surface area contributed by atoms with Crippen LogP contribution in [0.25, 0.3) is 0 Å². The fourth-order valence-electron chi connectivity index (χ4n) is 3.10. The lowest BCUT2D eigenvalue weighted by Gasteiger charge is -2.40. The Bertz CT molecular complexity index is 211. The number of hydrogen-bond donors (Lipinski definition) is 0. The lowest BCUT2D eigenvalue weighted by Crippen LogP contribution is -2.45. The quantitative estimate of drug-likeness (QED) is 0.576. The highest BCUT2D eigenvalue weighted by Gasteiger charge is 2.40. The van der Waals surface area contributed by atoms with Gasteiger partial charge in [-0.3, -0.25) is 4.90 Å². The van der Waals surface area contributed by atoms with Gasteiger partial charge in [0, 0.05) is 5.54 Å². The molecule has 0 bridgehead atoms. The van der Waals surface area contributed by atoms with Crippen LogP contribution in [0.5, 0.6) is 0 Å². The Morgan fingerprint density at radius 3 is 2.46 bits per heavy atom. The zero-order valence-corrected chi connectivity index (χ0v) is 8.26. The zero-order chi connectivity index (χ0) is 9.15. The average Bonchev–Trinajstić information content (AvgIpc) is 2.52. The van der Waals surface area contributed by atoms with Crippen molar-refractivity contribution < 1.29 is 0 Å². The molecule has 1 heterocycles. The number of nitrogens with zero attached hydrogens (tertiary/aromatic N) is 2. The van der Waals surface area contributed by atoms with E-state index in [1.54, 1.807) is 0 Å². The molecular formula is C11H18N2. The van der Waals surface area contributed by atoms with Crippen LogP contribution in [0.2, 0.25) is 0 Å². The molecule has 2 fully saturated rings. The summed E-state index contributed by atoms with van der Waals surface area (Å²) in [6, 6.07) is 2.31. The number of rotatable bonds is 1. The second-order valence-electron chi connectivity index (χ2n) is 4.47. The highest BCUT2D eigenvalue weighted by atomic mass is 15.2. The molecule has 2 rings (SSSR count). The van der Waals surface area contributed by atoms with Gasteiger partial charge < -0.3 is 0 Å². The molecule has 0 aromatic carbocycles. The van der Waals surface area contributed by atoms with Gasteiger partial charge in [0.15, 0.2) is 0 Å². The molecule has 1 saturated carbocycles. The Balaban J connectivity index is 2.05. The molecular weight excluding hydrogens is 160 g/mol. The Hall–Kier alpha value is -0.550. The van der Waals surface area contributed by atoms with Gasteiger partial charge in [-0.05, 0) is 32.2 Å². The molecule has 1 aliphatic carbocycles. The van der Waals surface area contributed by atoms with Crippen molar-refractivity contribution in [3.8, 4) is 6.07 Å². The largest absolute Gasteiger partial charge is 0.285 e. The third-order valence-corrected chi connectivity index (χ3v) is 3.79. The standard InChI is InChI=1S/C11H18N2/c12-8-10-13-9-4-7-11(13)5-2-1-3-6-11/h1-7,9-10H2. The summed E-state index contributed by atoms with van der Waals surface area (Å²) in [5, 5.41) is 8.75. The molecule has 0 unspecified atom stereocenters. The van der Waals surface area contributed by atoms with Gasteiger partial charge in [0.05, 0.1) is 12.6 Å². The van der Waals surface area contributed by atoms with E-state index in [1.807, 2.05) is 0 Å². The van der Waals surface area contributed by atoms with Gasteiger partial charge in [-0.25, -0.2) is 0 Å². The third-order valence-electron chi connectivity index (χ3n) is 3.79. The van der Waals surface area contributed by atoms with Crippen LogP contribution in [0.15, 0.2) is 0 Å². The van der Waals surface area contributed by atoms with Gasteiger partial charge in [-0.15, -0.1) is 0 Å². The summed E-state index contributed by atoms with van der Waals surface area (Å²) < 4.78 is 0. The summed E-state index contributed by atoms with van der Waals surface area (Å²) in [5.74, 6) is 0. The summed E-state index contributed by atoms with van der Waals surface area (Å²) in [7, 11) is 0. The lowest BCUT2D eigenvalue weighted by atomic mass is 9.80. The Morgan fingerprint density at radius 1 is 1.08 bits per heavy atom. The maximum absolute atomic E-state index is 8.75. The fraction of sp³-hybridized carbons (Fsp3) is 0.909. The van der Waals surface area contributed by atoms with E-state index in [9.17, 15) is 0 Å². The number of nitriles is 1. The Kier molecular flexibility index (Phi) is 2.55. The van der Waals surface area contributed by atoms with Gasteiger partial charge in [-0.1, -0.05) is 19.3 Å². The van der Waals surface area contributed by atoms with Crippen LogP contribution in [0.4, 0.5) is 0 Å².